The largest absolute Gasteiger partial charge is 0.494 e. The molecule has 0 aliphatic rings. The van der Waals surface area contributed by atoms with Crippen LogP contribution in [-0.4, -0.2) is 38.2 Å². The Morgan fingerprint density at radius 2 is 1.97 bits per heavy atom. The Labute approximate surface area is 172 Å². The lowest BCUT2D eigenvalue weighted by Gasteiger charge is -2.07. The van der Waals surface area contributed by atoms with Crippen LogP contribution in [0.15, 0.2) is 71.9 Å². The Morgan fingerprint density at radius 1 is 1.13 bits per heavy atom. The van der Waals surface area contributed by atoms with E-state index in [1.807, 2.05) is 31.2 Å². The fourth-order valence-electron chi connectivity index (χ4n) is 3.11. The van der Waals surface area contributed by atoms with Crippen molar-refractivity contribution in [1.29, 1.82) is 0 Å². The highest BCUT2D eigenvalue weighted by Crippen LogP contribution is 2.21. The van der Waals surface area contributed by atoms with Gasteiger partial charge in [0.15, 0.2) is 0 Å². The number of carbonyl (C=O) groups excluding carboxylic acids is 1. The van der Waals surface area contributed by atoms with Gasteiger partial charge in [-0.1, -0.05) is 6.07 Å². The van der Waals surface area contributed by atoms with Crippen molar-refractivity contribution in [3.63, 3.8) is 0 Å². The molecule has 1 aromatic carbocycles. The van der Waals surface area contributed by atoms with Crippen molar-refractivity contribution in [3.05, 3.63) is 83.2 Å². The summed E-state index contributed by atoms with van der Waals surface area (Å²) in [6, 6.07) is 14.5. The molecule has 1 amide bonds. The van der Waals surface area contributed by atoms with Crippen LogP contribution in [0.2, 0.25) is 0 Å². The molecular formula is C22H21N5O3. The number of ether oxygens (including phenoxy) is 1. The van der Waals surface area contributed by atoms with Crippen LogP contribution in [0.1, 0.15) is 17.4 Å². The summed E-state index contributed by atoms with van der Waals surface area (Å²) in [6.45, 7) is 3.20. The first-order valence-electron chi connectivity index (χ1n) is 9.67. The minimum absolute atomic E-state index is 0.172. The molecule has 0 saturated carbocycles. The van der Waals surface area contributed by atoms with Gasteiger partial charge in [-0.15, -0.1) is 0 Å². The lowest BCUT2D eigenvalue weighted by molar-refractivity contribution is 0.0947. The zero-order chi connectivity index (χ0) is 20.9. The first kappa shape index (κ1) is 19.4. The molecular weight excluding hydrogens is 382 g/mol. The summed E-state index contributed by atoms with van der Waals surface area (Å²) in [7, 11) is 0. The Bertz CT molecular complexity index is 1210. The molecule has 0 bridgehead atoms. The van der Waals surface area contributed by atoms with Crippen LogP contribution in [0.25, 0.3) is 16.8 Å². The van der Waals surface area contributed by atoms with Crippen molar-refractivity contribution in [1.82, 2.24) is 24.5 Å². The molecule has 1 N–H and O–H groups in total. The highest BCUT2D eigenvalue weighted by molar-refractivity contribution is 5.92. The number of nitrogens with zero attached hydrogens (tertiary/aromatic N) is 4. The van der Waals surface area contributed by atoms with Crippen molar-refractivity contribution in [3.8, 4) is 17.0 Å². The monoisotopic (exact) mass is 403 g/mol. The van der Waals surface area contributed by atoms with E-state index in [9.17, 15) is 9.59 Å². The third-order valence-electron chi connectivity index (χ3n) is 4.60. The molecule has 0 aliphatic carbocycles. The Morgan fingerprint density at radius 3 is 2.70 bits per heavy atom. The molecule has 4 aromatic rings. The number of fused-ring (bicyclic) bond motifs is 1. The molecule has 0 fully saturated rings. The fraction of sp³-hybridized carbons (Fsp3) is 0.182. The van der Waals surface area contributed by atoms with Crippen LogP contribution in [0.3, 0.4) is 0 Å². The molecule has 30 heavy (non-hydrogen) atoms. The average molecular weight is 403 g/mol. The first-order chi connectivity index (χ1) is 14.7. The van der Waals surface area contributed by atoms with Crippen molar-refractivity contribution in [2.24, 2.45) is 0 Å². The van der Waals surface area contributed by atoms with Crippen LogP contribution >= 0.6 is 0 Å². The Hall–Kier alpha value is -3.94. The van der Waals surface area contributed by atoms with Crippen LogP contribution in [0.4, 0.5) is 0 Å². The van der Waals surface area contributed by atoms with Crippen LogP contribution < -0.4 is 15.6 Å². The van der Waals surface area contributed by atoms with Gasteiger partial charge in [-0.2, -0.15) is 5.10 Å². The maximum absolute atomic E-state index is 12.8. The molecule has 0 aliphatic heterocycles. The predicted molar refractivity (Wildman–Crippen MR) is 113 cm³/mol. The standard InChI is InChI=1S/C22H21N5O3/c1-2-30-17-8-6-16(7-9-17)19-15-20-22(29)26(13-14-27(20)25-19)12-11-24-21(28)18-5-3-4-10-23-18/h3-10,13-15H,2,11-12H2,1H3,(H,24,28). The number of hydrogen-bond donors (Lipinski definition) is 1. The van der Waals surface area contributed by atoms with E-state index < -0.39 is 0 Å². The van der Waals surface area contributed by atoms with E-state index in [0.29, 0.717) is 36.6 Å². The summed E-state index contributed by atoms with van der Waals surface area (Å²) in [6.07, 6.45) is 4.96. The molecule has 8 nitrogen and oxygen atoms in total. The fourth-order valence-corrected chi connectivity index (χ4v) is 3.11. The number of carbonyl (C=O) groups is 1. The van der Waals surface area contributed by atoms with Gasteiger partial charge in [0.2, 0.25) is 0 Å². The molecule has 0 atom stereocenters. The smallest absolute Gasteiger partial charge is 0.276 e. The van der Waals surface area contributed by atoms with Crippen molar-refractivity contribution in [2.45, 2.75) is 13.5 Å². The van der Waals surface area contributed by atoms with Crippen molar-refractivity contribution < 1.29 is 9.53 Å². The number of rotatable bonds is 7. The zero-order valence-corrected chi connectivity index (χ0v) is 16.5. The normalized spacial score (nSPS) is 10.8. The van der Waals surface area contributed by atoms with E-state index in [-0.39, 0.29) is 11.5 Å². The quantitative estimate of drug-likeness (QED) is 0.512. The molecule has 152 valence electrons. The van der Waals surface area contributed by atoms with Gasteiger partial charge in [0.05, 0.1) is 12.3 Å². The topological polar surface area (TPSA) is 90.5 Å². The van der Waals surface area contributed by atoms with Gasteiger partial charge in [-0.3, -0.25) is 14.6 Å². The summed E-state index contributed by atoms with van der Waals surface area (Å²) in [4.78, 5) is 28.9. The van der Waals surface area contributed by atoms with Gasteiger partial charge in [-0.05, 0) is 49.4 Å². The summed E-state index contributed by atoms with van der Waals surface area (Å²) >= 11 is 0. The first-order valence-corrected chi connectivity index (χ1v) is 9.67. The SMILES string of the molecule is CCOc1ccc(-c2cc3c(=O)n(CCNC(=O)c4ccccn4)ccn3n2)cc1. The van der Waals surface area contributed by atoms with Gasteiger partial charge in [-0.25, -0.2) is 4.52 Å². The second kappa shape index (κ2) is 8.60. The van der Waals surface area contributed by atoms with E-state index >= 15 is 0 Å². The molecule has 0 saturated heterocycles. The molecule has 0 unspecified atom stereocenters. The third-order valence-corrected chi connectivity index (χ3v) is 4.60. The average Bonchev–Trinajstić information content (AvgIpc) is 3.22. The molecule has 3 heterocycles. The van der Waals surface area contributed by atoms with E-state index in [1.54, 1.807) is 51.9 Å². The number of nitrogens with one attached hydrogen (secondary N) is 1. The predicted octanol–water partition coefficient (Wildman–Crippen LogP) is 2.39. The number of pyridine rings is 1. The summed E-state index contributed by atoms with van der Waals surface area (Å²) in [5.41, 5.74) is 2.25. The van der Waals surface area contributed by atoms with E-state index in [0.717, 1.165) is 11.3 Å². The van der Waals surface area contributed by atoms with Gasteiger partial charge >= 0.3 is 0 Å². The van der Waals surface area contributed by atoms with Crippen LogP contribution in [0.5, 0.6) is 5.75 Å². The summed E-state index contributed by atoms with van der Waals surface area (Å²) in [5, 5.41) is 7.27. The highest BCUT2D eigenvalue weighted by atomic mass is 16.5. The number of benzene rings is 1. The van der Waals surface area contributed by atoms with E-state index in [2.05, 4.69) is 15.4 Å². The second-order valence-electron chi connectivity index (χ2n) is 6.58. The van der Waals surface area contributed by atoms with Gasteiger partial charge in [0, 0.05) is 37.2 Å². The van der Waals surface area contributed by atoms with Crippen molar-refractivity contribution in [2.75, 3.05) is 13.2 Å². The maximum Gasteiger partial charge on any atom is 0.276 e. The second-order valence-corrected chi connectivity index (χ2v) is 6.58. The van der Waals surface area contributed by atoms with Gasteiger partial charge in [0.1, 0.15) is 17.0 Å². The van der Waals surface area contributed by atoms with Crippen LogP contribution in [0, 0.1) is 0 Å². The lowest BCUT2D eigenvalue weighted by Crippen LogP contribution is -2.31. The number of hydrogen-bond acceptors (Lipinski definition) is 5. The molecule has 3 aromatic heterocycles. The Balaban J connectivity index is 1.48. The molecule has 0 spiro atoms. The number of amides is 1. The van der Waals surface area contributed by atoms with Crippen LogP contribution in [-0.2, 0) is 6.54 Å². The minimum atomic E-state index is -0.271. The highest BCUT2D eigenvalue weighted by Gasteiger charge is 2.10. The third kappa shape index (κ3) is 4.07. The Kier molecular flexibility index (Phi) is 5.56. The van der Waals surface area contributed by atoms with Crippen molar-refractivity contribution >= 4 is 11.4 Å². The maximum atomic E-state index is 12.8. The molecule has 0 radical (unpaired) electrons. The zero-order valence-electron chi connectivity index (χ0n) is 16.5. The molecule has 8 heteroatoms. The summed E-state index contributed by atoms with van der Waals surface area (Å²) < 4.78 is 8.58. The van der Waals surface area contributed by atoms with Gasteiger partial charge < -0.3 is 14.6 Å². The molecule has 4 rings (SSSR count). The summed E-state index contributed by atoms with van der Waals surface area (Å²) in [5.74, 6) is 0.520. The van der Waals surface area contributed by atoms with Gasteiger partial charge in [0.25, 0.3) is 11.5 Å². The van der Waals surface area contributed by atoms with E-state index in [1.165, 1.54) is 0 Å². The lowest BCUT2D eigenvalue weighted by atomic mass is 10.1. The van der Waals surface area contributed by atoms with E-state index in [4.69, 9.17) is 4.74 Å². The minimum Gasteiger partial charge on any atom is -0.494 e. The number of aromatic nitrogens is 4.